The van der Waals surface area contributed by atoms with Crippen LogP contribution < -0.4 is 5.32 Å². The standard InChI is InChI=1S/C14H23NO3/c1-13(2,3)18-12(17)15-9-10-5-8-14(11(10)16)6-4-7-14/h10H,4-9H2,1-3H3,(H,15,17). The quantitative estimate of drug-likeness (QED) is 0.823. The van der Waals surface area contributed by atoms with Crippen molar-refractivity contribution in [3.05, 3.63) is 0 Å². The van der Waals surface area contributed by atoms with Crippen LogP contribution in [0.3, 0.4) is 0 Å². The van der Waals surface area contributed by atoms with Gasteiger partial charge in [-0.25, -0.2) is 4.79 Å². The molecule has 2 fully saturated rings. The molecule has 1 amide bonds. The maximum Gasteiger partial charge on any atom is 0.407 e. The molecule has 2 aliphatic carbocycles. The van der Waals surface area contributed by atoms with Gasteiger partial charge in [0.25, 0.3) is 0 Å². The average Bonchev–Trinajstić information content (AvgIpc) is 2.49. The molecule has 1 atom stereocenters. The van der Waals surface area contributed by atoms with Crippen molar-refractivity contribution in [1.82, 2.24) is 5.32 Å². The molecule has 1 N–H and O–H groups in total. The van der Waals surface area contributed by atoms with Crippen molar-refractivity contribution in [2.45, 2.75) is 58.5 Å². The third kappa shape index (κ3) is 2.68. The SMILES string of the molecule is CC(C)(C)OC(=O)NCC1CCC2(CCC2)C1=O. The van der Waals surface area contributed by atoms with Crippen molar-refractivity contribution in [3.63, 3.8) is 0 Å². The van der Waals surface area contributed by atoms with Crippen molar-refractivity contribution in [1.29, 1.82) is 0 Å². The van der Waals surface area contributed by atoms with Crippen molar-refractivity contribution < 1.29 is 14.3 Å². The van der Waals surface area contributed by atoms with E-state index in [1.54, 1.807) is 0 Å². The van der Waals surface area contributed by atoms with Gasteiger partial charge in [0.1, 0.15) is 11.4 Å². The summed E-state index contributed by atoms with van der Waals surface area (Å²) in [5.41, 5.74) is -0.501. The Balaban J connectivity index is 1.78. The Bertz CT molecular complexity index is 353. The smallest absolute Gasteiger partial charge is 0.407 e. The lowest BCUT2D eigenvalue weighted by atomic mass is 9.66. The van der Waals surface area contributed by atoms with Gasteiger partial charge >= 0.3 is 6.09 Å². The maximum absolute atomic E-state index is 12.2. The predicted molar refractivity (Wildman–Crippen MR) is 68.3 cm³/mol. The summed E-state index contributed by atoms with van der Waals surface area (Å²) < 4.78 is 5.16. The van der Waals surface area contributed by atoms with Crippen LogP contribution in [-0.4, -0.2) is 24.0 Å². The Morgan fingerprint density at radius 3 is 2.50 bits per heavy atom. The molecule has 4 nitrogen and oxygen atoms in total. The molecule has 0 aromatic carbocycles. The molecule has 4 heteroatoms. The van der Waals surface area contributed by atoms with Gasteiger partial charge in [-0.05, 0) is 46.5 Å². The molecule has 0 aliphatic heterocycles. The summed E-state index contributed by atoms with van der Waals surface area (Å²) in [6.45, 7) is 5.92. The monoisotopic (exact) mass is 253 g/mol. The lowest BCUT2D eigenvalue weighted by Gasteiger charge is -2.36. The summed E-state index contributed by atoms with van der Waals surface area (Å²) in [5, 5.41) is 2.72. The fourth-order valence-corrected chi connectivity index (χ4v) is 2.95. The van der Waals surface area contributed by atoms with Crippen molar-refractivity contribution in [2.24, 2.45) is 11.3 Å². The largest absolute Gasteiger partial charge is 0.444 e. The molecule has 2 saturated carbocycles. The number of nitrogens with one attached hydrogen (secondary N) is 1. The van der Waals surface area contributed by atoms with E-state index in [0.29, 0.717) is 12.3 Å². The number of ketones is 1. The van der Waals surface area contributed by atoms with E-state index in [0.717, 1.165) is 25.7 Å². The summed E-state index contributed by atoms with van der Waals surface area (Å²) in [5.74, 6) is 0.364. The maximum atomic E-state index is 12.2. The molecular weight excluding hydrogens is 230 g/mol. The lowest BCUT2D eigenvalue weighted by Crippen LogP contribution is -2.40. The van der Waals surface area contributed by atoms with E-state index in [2.05, 4.69) is 5.32 Å². The molecule has 0 saturated heterocycles. The summed E-state index contributed by atoms with van der Waals surface area (Å²) in [6, 6.07) is 0. The molecule has 0 radical (unpaired) electrons. The fourth-order valence-electron chi connectivity index (χ4n) is 2.95. The molecule has 2 rings (SSSR count). The van der Waals surface area contributed by atoms with E-state index in [1.165, 1.54) is 6.42 Å². The van der Waals surface area contributed by atoms with Crippen LogP contribution >= 0.6 is 0 Å². The van der Waals surface area contributed by atoms with Gasteiger partial charge in [-0.15, -0.1) is 0 Å². The number of amides is 1. The molecule has 18 heavy (non-hydrogen) atoms. The third-order valence-corrected chi connectivity index (χ3v) is 4.07. The van der Waals surface area contributed by atoms with Gasteiger partial charge < -0.3 is 10.1 Å². The van der Waals surface area contributed by atoms with Gasteiger partial charge in [-0.3, -0.25) is 4.79 Å². The van der Waals surface area contributed by atoms with Crippen LogP contribution in [0.5, 0.6) is 0 Å². The van der Waals surface area contributed by atoms with Gasteiger partial charge in [0.2, 0.25) is 0 Å². The molecule has 0 heterocycles. The molecule has 0 aromatic rings. The van der Waals surface area contributed by atoms with Crippen LogP contribution in [0.25, 0.3) is 0 Å². The molecule has 2 aliphatic rings. The summed E-state index contributed by atoms with van der Waals surface area (Å²) >= 11 is 0. The minimum Gasteiger partial charge on any atom is -0.444 e. The zero-order valence-corrected chi connectivity index (χ0v) is 11.5. The average molecular weight is 253 g/mol. The van der Waals surface area contributed by atoms with Crippen molar-refractivity contribution >= 4 is 11.9 Å². The van der Waals surface area contributed by atoms with Gasteiger partial charge in [0.05, 0.1) is 0 Å². The second-order valence-electron chi connectivity index (χ2n) is 6.62. The minimum atomic E-state index is -0.487. The van der Waals surface area contributed by atoms with Crippen molar-refractivity contribution in [2.75, 3.05) is 6.54 Å². The van der Waals surface area contributed by atoms with Gasteiger partial charge in [0, 0.05) is 17.9 Å². The molecule has 102 valence electrons. The highest BCUT2D eigenvalue weighted by Crippen LogP contribution is 2.52. The number of rotatable bonds is 2. The van der Waals surface area contributed by atoms with Crippen LogP contribution in [0.15, 0.2) is 0 Å². The Hall–Kier alpha value is -1.06. The molecule has 0 aromatic heterocycles. The van der Waals surface area contributed by atoms with E-state index in [9.17, 15) is 9.59 Å². The highest BCUT2D eigenvalue weighted by atomic mass is 16.6. The molecule has 1 spiro atoms. The van der Waals surface area contributed by atoms with Crippen LogP contribution in [0, 0.1) is 11.3 Å². The van der Waals surface area contributed by atoms with Crippen LogP contribution in [-0.2, 0) is 9.53 Å². The second kappa shape index (κ2) is 4.56. The molecule has 1 unspecified atom stereocenters. The lowest BCUT2D eigenvalue weighted by molar-refractivity contribution is -0.132. The number of ether oxygens (including phenoxy) is 1. The van der Waals surface area contributed by atoms with Crippen LogP contribution in [0.2, 0.25) is 0 Å². The first kappa shape index (κ1) is 13.4. The van der Waals surface area contributed by atoms with E-state index in [-0.39, 0.29) is 11.3 Å². The topological polar surface area (TPSA) is 55.4 Å². The number of hydrogen-bond donors (Lipinski definition) is 1. The predicted octanol–water partition coefficient (Wildman–Crippen LogP) is 2.66. The van der Waals surface area contributed by atoms with E-state index in [1.807, 2.05) is 20.8 Å². The Morgan fingerprint density at radius 2 is 2.06 bits per heavy atom. The first-order chi connectivity index (χ1) is 8.32. The fraction of sp³-hybridized carbons (Fsp3) is 0.857. The Labute approximate surface area is 108 Å². The van der Waals surface area contributed by atoms with E-state index >= 15 is 0 Å². The summed E-state index contributed by atoms with van der Waals surface area (Å²) in [4.78, 5) is 23.7. The Kier molecular flexibility index (Phi) is 3.39. The zero-order chi connectivity index (χ0) is 13.4. The first-order valence-corrected chi connectivity index (χ1v) is 6.84. The number of carbonyl (C=O) groups is 2. The van der Waals surface area contributed by atoms with Gasteiger partial charge in [-0.2, -0.15) is 0 Å². The Morgan fingerprint density at radius 1 is 1.39 bits per heavy atom. The summed E-state index contributed by atoms with van der Waals surface area (Å²) in [7, 11) is 0. The summed E-state index contributed by atoms with van der Waals surface area (Å²) in [6.07, 6.45) is 4.77. The number of hydrogen-bond acceptors (Lipinski definition) is 3. The second-order valence-corrected chi connectivity index (χ2v) is 6.62. The number of carbonyl (C=O) groups excluding carboxylic acids is 2. The molecule has 0 bridgehead atoms. The van der Waals surface area contributed by atoms with Crippen LogP contribution in [0.4, 0.5) is 4.79 Å². The van der Waals surface area contributed by atoms with Crippen LogP contribution in [0.1, 0.15) is 52.9 Å². The normalized spacial score (nSPS) is 25.9. The number of alkyl carbamates (subject to hydrolysis) is 1. The third-order valence-electron chi connectivity index (χ3n) is 4.07. The van der Waals surface area contributed by atoms with Gasteiger partial charge in [0.15, 0.2) is 0 Å². The van der Waals surface area contributed by atoms with E-state index < -0.39 is 11.7 Å². The number of Topliss-reactive ketones (excluding diaryl/α,β-unsaturated/α-hetero) is 1. The zero-order valence-electron chi connectivity index (χ0n) is 11.5. The molecular formula is C14H23NO3. The van der Waals surface area contributed by atoms with E-state index in [4.69, 9.17) is 4.74 Å². The minimum absolute atomic E-state index is 0.00202. The first-order valence-electron chi connectivity index (χ1n) is 6.84. The van der Waals surface area contributed by atoms with Crippen molar-refractivity contribution in [3.8, 4) is 0 Å². The highest BCUT2D eigenvalue weighted by molar-refractivity contribution is 5.90. The highest BCUT2D eigenvalue weighted by Gasteiger charge is 2.50. The van der Waals surface area contributed by atoms with Gasteiger partial charge in [-0.1, -0.05) is 6.42 Å².